The van der Waals surface area contributed by atoms with Gasteiger partial charge in [-0.3, -0.25) is 9.78 Å². The maximum Gasteiger partial charge on any atom is 0.391 e. The molecule has 4 rings (SSSR count). The molecule has 2 aliphatic carbocycles. The number of nitrogens with one attached hydrogen (secondary N) is 2. The molecule has 2 heterocycles. The zero-order chi connectivity index (χ0) is 25.1. The van der Waals surface area contributed by atoms with Crippen molar-refractivity contribution in [1.82, 2.24) is 9.97 Å². The highest BCUT2D eigenvalue weighted by atomic mass is 32.2. The SMILES string of the molecule is Cc1[nH]c(-c2cnc(C3CC(F)(F)C3)cc2C2CCC(C(F)(F)F)CC2)cc(=O)c1[S@](C)(=N)=O. The molecule has 0 spiro atoms. The maximum atomic E-state index is 13.4. The molecule has 0 saturated heterocycles. The first kappa shape index (κ1) is 24.8. The summed E-state index contributed by atoms with van der Waals surface area (Å²) in [6.45, 7) is 1.53. The number of aromatic amines is 1. The molecule has 0 aliphatic heterocycles. The Morgan fingerprint density at radius 3 is 2.24 bits per heavy atom. The van der Waals surface area contributed by atoms with Crippen LogP contribution in [0, 0.1) is 17.6 Å². The number of hydrogen-bond donors (Lipinski definition) is 2. The van der Waals surface area contributed by atoms with E-state index in [-0.39, 0.29) is 55.0 Å². The van der Waals surface area contributed by atoms with Crippen LogP contribution in [0.3, 0.4) is 0 Å². The van der Waals surface area contributed by atoms with Gasteiger partial charge in [0, 0.05) is 54.2 Å². The lowest BCUT2D eigenvalue weighted by Crippen LogP contribution is -2.34. The minimum atomic E-state index is -4.25. The topological polar surface area (TPSA) is 86.7 Å². The Morgan fingerprint density at radius 1 is 1.12 bits per heavy atom. The lowest BCUT2D eigenvalue weighted by Gasteiger charge is -2.35. The maximum absolute atomic E-state index is 13.4. The van der Waals surface area contributed by atoms with Crippen molar-refractivity contribution in [1.29, 1.82) is 4.78 Å². The van der Waals surface area contributed by atoms with E-state index in [9.17, 15) is 31.0 Å². The van der Waals surface area contributed by atoms with Gasteiger partial charge < -0.3 is 4.98 Å². The van der Waals surface area contributed by atoms with E-state index in [0.29, 0.717) is 22.5 Å². The van der Waals surface area contributed by atoms with Crippen molar-refractivity contribution < 1.29 is 26.2 Å². The number of aryl methyl sites for hydroxylation is 1. The third kappa shape index (κ3) is 4.89. The summed E-state index contributed by atoms with van der Waals surface area (Å²) >= 11 is 0. The number of H-pyrrole nitrogens is 1. The Balaban J connectivity index is 1.75. The molecule has 1 atom stereocenters. The summed E-state index contributed by atoms with van der Waals surface area (Å²) < 4.78 is 86.4. The summed E-state index contributed by atoms with van der Waals surface area (Å²) in [6, 6.07) is 2.92. The Hall–Kier alpha value is -2.30. The fourth-order valence-corrected chi connectivity index (χ4v) is 6.26. The molecular formula is C23H26F5N3O2S. The summed E-state index contributed by atoms with van der Waals surface area (Å²) in [5.41, 5.74) is 1.68. The van der Waals surface area contributed by atoms with Gasteiger partial charge >= 0.3 is 6.18 Å². The van der Waals surface area contributed by atoms with Crippen molar-refractivity contribution >= 4 is 9.73 Å². The normalized spacial score (nSPS) is 24.9. The summed E-state index contributed by atoms with van der Waals surface area (Å²) in [7, 11) is -3.28. The number of pyridine rings is 2. The summed E-state index contributed by atoms with van der Waals surface area (Å²) in [5, 5.41) is 0. The van der Waals surface area contributed by atoms with Crippen LogP contribution in [0.2, 0.25) is 0 Å². The molecule has 2 aromatic rings. The molecule has 2 aromatic heterocycles. The lowest BCUT2D eigenvalue weighted by molar-refractivity contribution is -0.182. The second kappa shape index (κ2) is 8.42. The van der Waals surface area contributed by atoms with Crippen LogP contribution in [-0.4, -0.2) is 32.5 Å². The first-order valence-corrected chi connectivity index (χ1v) is 13.0. The fourth-order valence-electron chi connectivity index (χ4n) is 5.18. The summed E-state index contributed by atoms with van der Waals surface area (Å²) in [4.78, 5) is 19.9. The van der Waals surface area contributed by atoms with Crippen molar-refractivity contribution in [3.05, 3.63) is 45.5 Å². The van der Waals surface area contributed by atoms with E-state index in [1.54, 1.807) is 6.07 Å². The number of halogens is 5. The quantitative estimate of drug-likeness (QED) is 0.492. The molecule has 2 fully saturated rings. The van der Waals surface area contributed by atoms with Gasteiger partial charge in [-0.1, -0.05) is 0 Å². The molecular weight excluding hydrogens is 477 g/mol. The van der Waals surface area contributed by atoms with E-state index >= 15 is 0 Å². The highest BCUT2D eigenvalue weighted by Crippen LogP contribution is 2.50. The number of hydrogen-bond acceptors (Lipinski definition) is 4. The van der Waals surface area contributed by atoms with Gasteiger partial charge in [0.25, 0.3) is 0 Å². The molecule has 2 saturated carbocycles. The highest BCUT2D eigenvalue weighted by molar-refractivity contribution is 7.91. The summed E-state index contributed by atoms with van der Waals surface area (Å²) in [5.74, 6) is -4.77. The van der Waals surface area contributed by atoms with Crippen molar-refractivity contribution in [3.63, 3.8) is 0 Å². The second-order valence-electron chi connectivity index (χ2n) is 9.59. The van der Waals surface area contributed by atoms with Crippen molar-refractivity contribution in [2.45, 2.75) is 74.3 Å². The highest BCUT2D eigenvalue weighted by Gasteiger charge is 2.47. The summed E-state index contributed by atoms with van der Waals surface area (Å²) in [6.07, 6.45) is -1.77. The van der Waals surface area contributed by atoms with Crippen molar-refractivity contribution in [2.24, 2.45) is 5.92 Å². The smallest absolute Gasteiger partial charge is 0.357 e. The lowest BCUT2D eigenvalue weighted by atomic mass is 9.75. The number of aromatic nitrogens is 2. The monoisotopic (exact) mass is 503 g/mol. The predicted molar refractivity (Wildman–Crippen MR) is 118 cm³/mol. The van der Waals surface area contributed by atoms with Gasteiger partial charge in [0.2, 0.25) is 5.92 Å². The number of rotatable bonds is 4. The average molecular weight is 504 g/mol. The second-order valence-corrected chi connectivity index (χ2v) is 11.7. The third-order valence-electron chi connectivity index (χ3n) is 6.94. The fraction of sp³-hybridized carbons (Fsp3) is 0.565. The van der Waals surface area contributed by atoms with Gasteiger partial charge in [-0.05, 0) is 50.2 Å². The standard InChI is InChI=1S/C23H26F5N3O2S/c1-12-21(34(2,29)33)20(32)8-19(31-12)17-11-30-18(14-9-22(24,25)10-14)7-16(17)13-3-5-15(6-4-13)23(26,27)28/h7-8,11,13-15,29H,3-6,9-10H2,1-2H3,(H,31,32)/t13?,15?,34-/m1/s1. The minimum Gasteiger partial charge on any atom is -0.357 e. The molecule has 0 aromatic carbocycles. The van der Waals surface area contributed by atoms with E-state index in [1.807, 2.05) is 0 Å². The van der Waals surface area contributed by atoms with E-state index in [1.165, 1.54) is 19.2 Å². The number of alkyl halides is 5. The van der Waals surface area contributed by atoms with Gasteiger partial charge in [-0.25, -0.2) is 17.8 Å². The van der Waals surface area contributed by atoms with E-state index in [0.717, 1.165) is 6.26 Å². The molecule has 11 heteroatoms. The molecule has 5 nitrogen and oxygen atoms in total. The first-order valence-electron chi connectivity index (χ1n) is 11.1. The third-order valence-corrected chi connectivity index (χ3v) is 8.22. The Bertz CT molecular complexity index is 1250. The van der Waals surface area contributed by atoms with Gasteiger partial charge in [-0.2, -0.15) is 13.2 Å². The average Bonchev–Trinajstić information content (AvgIpc) is 2.69. The van der Waals surface area contributed by atoms with Crippen molar-refractivity contribution in [3.8, 4) is 11.3 Å². The van der Waals surface area contributed by atoms with Gasteiger partial charge in [0.05, 0.1) is 21.3 Å². The molecule has 2 N–H and O–H groups in total. The Kier molecular flexibility index (Phi) is 6.15. The minimum absolute atomic E-state index is 0.0298. The zero-order valence-corrected chi connectivity index (χ0v) is 19.6. The predicted octanol–water partition coefficient (Wildman–Crippen LogP) is 6.13. The van der Waals surface area contributed by atoms with Crippen LogP contribution in [0.25, 0.3) is 11.3 Å². The number of nitrogens with zero attached hydrogens (tertiary/aromatic N) is 1. The van der Waals surface area contributed by atoms with Gasteiger partial charge in [0.1, 0.15) is 4.90 Å². The molecule has 0 amide bonds. The first-order chi connectivity index (χ1) is 15.7. The van der Waals surface area contributed by atoms with Crippen LogP contribution in [0.4, 0.5) is 22.0 Å². The molecule has 34 heavy (non-hydrogen) atoms. The largest absolute Gasteiger partial charge is 0.391 e. The zero-order valence-electron chi connectivity index (χ0n) is 18.8. The Morgan fingerprint density at radius 2 is 1.74 bits per heavy atom. The van der Waals surface area contributed by atoms with Crippen LogP contribution < -0.4 is 5.43 Å². The van der Waals surface area contributed by atoms with Crippen LogP contribution in [0.5, 0.6) is 0 Å². The van der Waals surface area contributed by atoms with E-state index < -0.39 is 39.1 Å². The van der Waals surface area contributed by atoms with Gasteiger partial charge in [0.15, 0.2) is 5.43 Å². The van der Waals surface area contributed by atoms with Crippen LogP contribution in [0.15, 0.2) is 28.0 Å². The van der Waals surface area contributed by atoms with Crippen LogP contribution >= 0.6 is 0 Å². The van der Waals surface area contributed by atoms with Crippen molar-refractivity contribution in [2.75, 3.05) is 6.26 Å². The molecule has 0 bridgehead atoms. The van der Waals surface area contributed by atoms with Gasteiger partial charge in [-0.15, -0.1) is 0 Å². The van der Waals surface area contributed by atoms with E-state index in [4.69, 9.17) is 4.78 Å². The Labute approximate surface area is 194 Å². The molecule has 2 aliphatic rings. The molecule has 0 unspecified atom stereocenters. The van der Waals surface area contributed by atoms with E-state index in [2.05, 4.69) is 9.97 Å². The van der Waals surface area contributed by atoms with Crippen LogP contribution in [-0.2, 0) is 9.73 Å². The van der Waals surface area contributed by atoms with Crippen LogP contribution in [0.1, 0.15) is 67.3 Å². The molecule has 186 valence electrons. The molecule has 0 radical (unpaired) electrons.